The Kier molecular flexibility index (Phi) is 6.33. The summed E-state index contributed by atoms with van der Waals surface area (Å²) in [5, 5.41) is 6.41. The molecule has 25 heavy (non-hydrogen) atoms. The molecule has 2 amide bonds. The van der Waals surface area contributed by atoms with Crippen molar-refractivity contribution in [2.75, 3.05) is 0 Å². The minimum absolute atomic E-state index is 0.110. The first kappa shape index (κ1) is 18.3. The molecule has 0 aliphatic rings. The lowest BCUT2D eigenvalue weighted by Crippen LogP contribution is -2.48. The van der Waals surface area contributed by atoms with Crippen molar-refractivity contribution in [2.45, 2.75) is 19.9 Å². The third-order valence-electron chi connectivity index (χ3n) is 3.45. The van der Waals surface area contributed by atoms with Crippen molar-refractivity contribution in [2.24, 2.45) is 11.0 Å². The second kappa shape index (κ2) is 8.68. The van der Waals surface area contributed by atoms with Crippen molar-refractivity contribution in [3.05, 3.63) is 65.7 Å². The topological polar surface area (TPSA) is 83.5 Å². The number of hydrogen-bond donors (Lipinski definition) is 2. The van der Waals surface area contributed by atoms with Crippen LogP contribution in [-0.4, -0.2) is 29.1 Å². The summed E-state index contributed by atoms with van der Waals surface area (Å²) in [6.45, 7) is 3.55. The first-order valence-corrected chi connectivity index (χ1v) is 7.77. The van der Waals surface area contributed by atoms with Gasteiger partial charge in [-0.15, -0.1) is 0 Å². The molecule has 1 aromatic carbocycles. The molecular formula is C18H19FN4O2. The van der Waals surface area contributed by atoms with E-state index in [0.29, 0.717) is 0 Å². The van der Waals surface area contributed by atoms with Gasteiger partial charge in [-0.05, 0) is 35.7 Å². The van der Waals surface area contributed by atoms with Crippen molar-refractivity contribution in [3.8, 4) is 0 Å². The largest absolute Gasteiger partial charge is 0.340 e. The molecule has 2 N–H and O–H groups in total. The summed E-state index contributed by atoms with van der Waals surface area (Å²) in [5.74, 6) is -1.97. The van der Waals surface area contributed by atoms with E-state index in [-0.39, 0.29) is 11.5 Å². The number of pyridine rings is 1. The van der Waals surface area contributed by atoms with Gasteiger partial charge in [0.15, 0.2) is 0 Å². The fraction of sp³-hybridized carbons (Fsp3) is 0.222. The molecule has 2 aromatic rings. The highest BCUT2D eigenvalue weighted by atomic mass is 19.1. The first-order chi connectivity index (χ1) is 12.0. The zero-order valence-corrected chi connectivity index (χ0v) is 13.9. The van der Waals surface area contributed by atoms with Crippen LogP contribution in [0.4, 0.5) is 4.39 Å². The number of amides is 2. The highest BCUT2D eigenvalue weighted by Crippen LogP contribution is 2.09. The predicted molar refractivity (Wildman–Crippen MR) is 92.5 cm³/mol. The summed E-state index contributed by atoms with van der Waals surface area (Å²) in [4.78, 5) is 28.4. The van der Waals surface area contributed by atoms with Gasteiger partial charge in [-0.3, -0.25) is 14.6 Å². The molecule has 1 atom stereocenters. The van der Waals surface area contributed by atoms with Crippen molar-refractivity contribution < 1.29 is 14.0 Å². The minimum Gasteiger partial charge on any atom is -0.340 e. The van der Waals surface area contributed by atoms with E-state index in [1.165, 1.54) is 24.4 Å². The average molecular weight is 342 g/mol. The second-order valence-electron chi connectivity index (χ2n) is 5.69. The Bertz CT molecular complexity index is 763. The van der Waals surface area contributed by atoms with Crippen LogP contribution >= 0.6 is 0 Å². The number of hydrogen-bond acceptors (Lipinski definition) is 4. The zero-order chi connectivity index (χ0) is 18.2. The maximum Gasteiger partial charge on any atom is 0.262 e. The average Bonchev–Trinajstić information content (AvgIpc) is 2.60. The molecule has 130 valence electrons. The van der Waals surface area contributed by atoms with Crippen LogP contribution in [0, 0.1) is 11.7 Å². The van der Waals surface area contributed by atoms with Crippen LogP contribution in [0.2, 0.25) is 0 Å². The molecular weight excluding hydrogens is 323 g/mol. The van der Waals surface area contributed by atoms with Crippen LogP contribution in [-0.2, 0) is 4.79 Å². The molecule has 0 aliphatic heterocycles. The Labute approximate surface area is 145 Å². The van der Waals surface area contributed by atoms with E-state index in [1.807, 2.05) is 0 Å². The fourth-order valence-corrected chi connectivity index (χ4v) is 2.09. The number of nitrogens with one attached hydrogen (secondary N) is 2. The number of benzene rings is 1. The number of halogens is 1. The molecule has 7 heteroatoms. The van der Waals surface area contributed by atoms with E-state index < -0.39 is 23.7 Å². The number of nitrogens with zero attached hydrogens (tertiary/aromatic N) is 2. The van der Waals surface area contributed by atoms with Crippen molar-refractivity contribution >= 4 is 18.0 Å². The van der Waals surface area contributed by atoms with Crippen LogP contribution < -0.4 is 10.7 Å². The van der Waals surface area contributed by atoms with Crippen molar-refractivity contribution in [1.82, 2.24) is 15.7 Å². The van der Waals surface area contributed by atoms with E-state index >= 15 is 0 Å². The van der Waals surface area contributed by atoms with E-state index in [9.17, 15) is 14.0 Å². The normalized spacial score (nSPS) is 12.2. The first-order valence-electron chi connectivity index (χ1n) is 7.77. The Balaban J connectivity index is 2.02. The SMILES string of the molecule is CC(C)C(NC(=O)c1ccccc1F)C(=O)N/N=C/c1ccncc1. The summed E-state index contributed by atoms with van der Waals surface area (Å²) in [6, 6.07) is 8.22. The molecule has 0 aliphatic carbocycles. The standard InChI is InChI=1S/C18H19FN4O2/c1-12(2)16(22-17(24)14-5-3-4-6-15(14)19)18(25)23-21-11-13-7-9-20-10-8-13/h3-12,16H,1-2H3,(H,22,24)(H,23,25)/b21-11+. The molecule has 2 rings (SSSR count). The fourth-order valence-electron chi connectivity index (χ4n) is 2.09. The van der Waals surface area contributed by atoms with Gasteiger partial charge in [0.1, 0.15) is 11.9 Å². The van der Waals surface area contributed by atoms with E-state index in [4.69, 9.17) is 0 Å². The highest BCUT2D eigenvalue weighted by Gasteiger charge is 2.25. The van der Waals surface area contributed by atoms with Gasteiger partial charge in [0.2, 0.25) is 0 Å². The summed E-state index contributed by atoms with van der Waals surface area (Å²) < 4.78 is 13.7. The van der Waals surface area contributed by atoms with Crippen molar-refractivity contribution in [3.63, 3.8) is 0 Å². The quantitative estimate of drug-likeness (QED) is 0.623. The Morgan fingerprint density at radius 1 is 1.16 bits per heavy atom. The zero-order valence-electron chi connectivity index (χ0n) is 13.9. The lowest BCUT2D eigenvalue weighted by Gasteiger charge is -2.20. The van der Waals surface area contributed by atoms with Gasteiger partial charge < -0.3 is 5.32 Å². The Hall–Kier alpha value is -3.09. The molecule has 0 spiro atoms. The van der Waals surface area contributed by atoms with E-state index in [2.05, 4.69) is 20.8 Å². The van der Waals surface area contributed by atoms with Crippen LogP contribution in [0.15, 0.2) is 53.9 Å². The van der Waals surface area contributed by atoms with Gasteiger partial charge in [0.25, 0.3) is 11.8 Å². The van der Waals surface area contributed by atoms with E-state index in [1.54, 1.807) is 44.4 Å². The molecule has 0 radical (unpaired) electrons. The molecule has 1 unspecified atom stereocenters. The molecule has 0 fully saturated rings. The second-order valence-corrected chi connectivity index (χ2v) is 5.69. The smallest absolute Gasteiger partial charge is 0.262 e. The third-order valence-corrected chi connectivity index (χ3v) is 3.45. The molecule has 0 saturated carbocycles. The van der Waals surface area contributed by atoms with Crippen LogP contribution in [0.5, 0.6) is 0 Å². The molecule has 0 saturated heterocycles. The van der Waals surface area contributed by atoms with Crippen LogP contribution in [0.1, 0.15) is 29.8 Å². The van der Waals surface area contributed by atoms with Crippen LogP contribution in [0.25, 0.3) is 0 Å². The number of aromatic nitrogens is 1. The highest BCUT2D eigenvalue weighted by molar-refractivity contribution is 5.98. The Morgan fingerprint density at radius 3 is 2.48 bits per heavy atom. The number of carbonyl (C=O) groups excluding carboxylic acids is 2. The molecule has 1 aromatic heterocycles. The summed E-state index contributed by atoms with van der Waals surface area (Å²) >= 11 is 0. The van der Waals surface area contributed by atoms with Crippen molar-refractivity contribution in [1.29, 1.82) is 0 Å². The third kappa shape index (κ3) is 5.20. The monoisotopic (exact) mass is 342 g/mol. The van der Waals surface area contributed by atoms with Crippen LogP contribution in [0.3, 0.4) is 0 Å². The van der Waals surface area contributed by atoms with Gasteiger partial charge in [0.05, 0.1) is 11.8 Å². The summed E-state index contributed by atoms with van der Waals surface area (Å²) in [7, 11) is 0. The summed E-state index contributed by atoms with van der Waals surface area (Å²) in [6.07, 6.45) is 4.68. The van der Waals surface area contributed by atoms with Gasteiger partial charge in [-0.25, -0.2) is 9.82 Å². The number of hydrazone groups is 1. The minimum atomic E-state index is -0.846. The molecule has 0 bridgehead atoms. The lowest BCUT2D eigenvalue weighted by atomic mass is 10.0. The number of rotatable bonds is 6. The van der Waals surface area contributed by atoms with Gasteiger partial charge >= 0.3 is 0 Å². The molecule has 1 heterocycles. The molecule has 6 nitrogen and oxygen atoms in total. The lowest BCUT2D eigenvalue weighted by molar-refractivity contribution is -0.123. The van der Waals surface area contributed by atoms with Gasteiger partial charge in [-0.2, -0.15) is 5.10 Å². The maximum absolute atomic E-state index is 13.7. The van der Waals surface area contributed by atoms with Gasteiger partial charge in [-0.1, -0.05) is 26.0 Å². The predicted octanol–water partition coefficient (Wildman–Crippen LogP) is 2.13. The van der Waals surface area contributed by atoms with Gasteiger partial charge in [0, 0.05) is 12.4 Å². The maximum atomic E-state index is 13.7. The summed E-state index contributed by atoms with van der Waals surface area (Å²) in [5.41, 5.74) is 3.05. The number of carbonyl (C=O) groups is 2. The van der Waals surface area contributed by atoms with E-state index in [0.717, 1.165) is 5.56 Å². The Morgan fingerprint density at radius 2 is 1.84 bits per heavy atom.